The standard InChI is InChI=1S/C12H13NO3S/c1-16-10-5-3-2-4-8(10)6-11-13-9(7-17-11)12(14)15/h2-5,9H,6-7H2,1H3,(H,14,15)/t9-/m0/s1. The summed E-state index contributed by atoms with van der Waals surface area (Å²) in [6, 6.07) is 7.11. The van der Waals surface area contributed by atoms with E-state index >= 15 is 0 Å². The van der Waals surface area contributed by atoms with Gasteiger partial charge in [-0.05, 0) is 6.07 Å². The molecule has 1 aliphatic heterocycles. The van der Waals surface area contributed by atoms with Crippen LogP contribution in [0.2, 0.25) is 0 Å². The fourth-order valence-corrected chi connectivity index (χ4v) is 2.69. The first-order valence-corrected chi connectivity index (χ1v) is 6.23. The van der Waals surface area contributed by atoms with Crippen LogP contribution in [0.4, 0.5) is 0 Å². The van der Waals surface area contributed by atoms with Gasteiger partial charge in [0.05, 0.1) is 12.2 Å². The maximum Gasteiger partial charge on any atom is 0.329 e. The molecule has 0 aliphatic carbocycles. The summed E-state index contributed by atoms with van der Waals surface area (Å²) in [5, 5.41) is 9.72. The van der Waals surface area contributed by atoms with Crippen LogP contribution in [0.25, 0.3) is 0 Å². The smallest absolute Gasteiger partial charge is 0.329 e. The molecule has 1 heterocycles. The van der Waals surface area contributed by atoms with Crippen molar-refractivity contribution >= 4 is 22.8 Å². The molecule has 0 radical (unpaired) electrons. The number of rotatable bonds is 4. The van der Waals surface area contributed by atoms with Crippen molar-refractivity contribution in [2.24, 2.45) is 4.99 Å². The van der Waals surface area contributed by atoms with Gasteiger partial charge in [0, 0.05) is 17.7 Å². The van der Waals surface area contributed by atoms with Crippen molar-refractivity contribution in [2.75, 3.05) is 12.9 Å². The number of hydrogen-bond acceptors (Lipinski definition) is 4. The summed E-state index contributed by atoms with van der Waals surface area (Å²) in [6.07, 6.45) is 0.637. The van der Waals surface area contributed by atoms with E-state index in [1.165, 1.54) is 11.8 Å². The highest BCUT2D eigenvalue weighted by atomic mass is 32.2. The normalized spacial score (nSPS) is 18.9. The summed E-state index contributed by atoms with van der Waals surface area (Å²) >= 11 is 1.51. The Labute approximate surface area is 104 Å². The van der Waals surface area contributed by atoms with Gasteiger partial charge in [-0.1, -0.05) is 18.2 Å². The van der Waals surface area contributed by atoms with E-state index in [1.807, 2.05) is 24.3 Å². The Bertz CT molecular complexity index is 459. The summed E-state index contributed by atoms with van der Waals surface area (Å²) in [4.78, 5) is 15.0. The summed E-state index contributed by atoms with van der Waals surface area (Å²) in [5.41, 5.74) is 1.03. The molecule has 0 amide bonds. The van der Waals surface area contributed by atoms with E-state index in [1.54, 1.807) is 7.11 Å². The fraction of sp³-hybridized carbons (Fsp3) is 0.333. The zero-order valence-corrected chi connectivity index (χ0v) is 10.2. The Morgan fingerprint density at radius 2 is 2.35 bits per heavy atom. The topological polar surface area (TPSA) is 58.9 Å². The van der Waals surface area contributed by atoms with Crippen LogP contribution >= 0.6 is 11.8 Å². The van der Waals surface area contributed by atoms with Gasteiger partial charge in [-0.15, -0.1) is 11.8 Å². The summed E-state index contributed by atoms with van der Waals surface area (Å²) in [7, 11) is 1.63. The van der Waals surface area contributed by atoms with E-state index in [0.29, 0.717) is 12.2 Å². The highest BCUT2D eigenvalue weighted by Crippen LogP contribution is 2.25. The molecule has 0 aromatic heterocycles. The zero-order chi connectivity index (χ0) is 12.3. The van der Waals surface area contributed by atoms with E-state index in [2.05, 4.69) is 4.99 Å². The second kappa shape index (κ2) is 5.23. The molecule has 0 unspecified atom stereocenters. The predicted molar refractivity (Wildman–Crippen MR) is 68.0 cm³/mol. The van der Waals surface area contributed by atoms with Crippen LogP contribution in [0.3, 0.4) is 0 Å². The van der Waals surface area contributed by atoms with Crippen molar-refractivity contribution in [1.29, 1.82) is 0 Å². The first kappa shape index (κ1) is 12.0. The van der Waals surface area contributed by atoms with Gasteiger partial charge in [-0.25, -0.2) is 4.79 Å². The molecule has 1 atom stereocenters. The number of carbonyl (C=O) groups is 1. The van der Waals surface area contributed by atoms with Crippen LogP contribution in [0, 0.1) is 0 Å². The fourth-order valence-electron chi connectivity index (χ4n) is 1.66. The van der Waals surface area contributed by atoms with Gasteiger partial charge >= 0.3 is 5.97 Å². The molecule has 5 heteroatoms. The maximum atomic E-state index is 10.8. The van der Waals surface area contributed by atoms with Crippen molar-refractivity contribution < 1.29 is 14.6 Å². The summed E-state index contributed by atoms with van der Waals surface area (Å²) in [6.45, 7) is 0. The van der Waals surface area contributed by atoms with Crippen LogP contribution in [-0.2, 0) is 11.2 Å². The van der Waals surface area contributed by atoms with E-state index in [4.69, 9.17) is 9.84 Å². The first-order chi connectivity index (χ1) is 8.20. The van der Waals surface area contributed by atoms with Gasteiger partial charge in [0.25, 0.3) is 0 Å². The number of ether oxygens (including phenoxy) is 1. The molecule has 17 heavy (non-hydrogen) atoms. The minimum absolute atomic E-state index is 0.528. The van der Waals surface area contributed by atoms with Gasteiger partial charge < -0.3 is 9.84 Å². The van der Waals surface area contributed by atoms with Crippen molar-refractivity contribution in [1.82, 2.24) is 0 Å². The minimum Gasteiger partial charge on any atom is -0.496 e. The quantitative estimate of drug-likeness (QED) is 0.887. The zero-order valence-electron chi connectivity index (χ0n) is 9.42. The maximum absolute atomic E-state index is 10.8. The van der Waals surface area contributed by atoms with Crippen molar-refractivity contribution in [3.05, 3.63) is 29.8 Å². The van der Waals surface area contributed by atoms with Crippen LogP contribution < -0.4 is 4.74 Å². The number of thioether (sulfide) groups is 1. The van der Waals surface area contributed by atoms with Crippen LogP contribution in [0.15, 0.2) is 29.3 Å². The molecular formula is C12H13NO3S. The Kier molecular flexibility index (Phi) is 3.68. The number of carboxylic acids is 1. The first-order valence-electron chi connectivity index (χ1n) is 5.25. The Balaban J connectivity index is 2.11. The monoisotopic (exact) mass is 251 g/mol. The van der Waals surface area contributed by atoms with E-state index in [9.17, 15) is 4.79 Å². The number of para-hydroxylation sites is 1. The Morgan fingerprint density at radius 1 is 1.59 bits per heavy atom. The molecule has 0 bridgehead atoms. The SMILES string of the molecule is COc1ccccc1CC1=N[C@H](C(=O)O)CS1. The number of benzene rings is 1. The van der Waals surface area contributed by atoms with Crippen LogP contribution in [-0.4, -0.2) is 35.0 Å². The molecule has 1 aliphatic rings. The van der Waals surface area contributed by atoms with Gasteiger partial charge in [-0.2, -0.15) is 0 Å². The Morgan fingerprint density at radius 3 is 3.00 bits per heavy atom. The molecule has 1 N–H and O–H groups in total. The third-order valence-electron chi connectivity index (χ3n) is 2.53. The highest BCUT2D eigenvalue weighted by Gasteiger charge is 2.24. The minimum atomic E-state index is -0.854. The highest BCUT2D eigenvalue weighted by molar-refractivity contribution is 8.14. The lowest BCUT2D eigenvalue weighted by molar-refractivity contribution is -0.137. The molecule has 0 spiro atoms. The predicted octanol–water partition coefficient (Wildman–Crippen LogP) is 1.84. The number of nitrogens with zero attached hydrogens (tertiary/aromatic N) is 1. The largest absolute Gasteiger partial charge is 0.496 e. The molecule has 0 saturated heterocycles. The molecule has 0 fully saturated rings. The van der Waals surface area contributed by atoms with Crippen molar-refractivity contribution in [3.63, 3.8) is 0 Å². The van der Waals surface area contributed by atoms with E-state index in [0.717, 1.165) is 16.4 Å². The lowest BCUT2D eigenvalue weighted by Crippen LogP contribution is -2.17. The van der Waals surface area contributed by atoms with Crippen molar-refractivity contribution in [3.8, 4) is 5.75 Å². The molecule has 4 nitrogen and oxygen atoms in total. The molecule has 90 valence electrons. The van der Waals surface area contributed by atoms with Crippen LogP contribution in [0.1, 0.15) is 5.56 Å². The third-order valence-corrected chi connectivity index (χ3v) is 3.59. The number of aliphatic imine (C=N–C) groups is 1. The third kappa shape index (κ3) is 2.79. The van der Waals surface area contributed by atoms with Gasteiger partial charge in [0.1, 0.15) is 5.75 Å². The molecular weight excluding hydrogens is 238 g/mol. The van der Waals surface area contributed by atoms with E-state index < -0.39 is 12.0 Å². The summed E-state index contributed by atoms with van der Waals surface area (Å²) < 4.78 is 5.25. The van der Waals surface area contributed by atoms with Crippen LogP contribution in [0.5, 0.6) is 5.75 Å². The lowest BCUT2D eigenvalue weighted by atomic mass is 10.1. The summed E-state index contributed by atoms with van der Waals surface area (Å²) in [5.74, 6) is 0.488. The number of aliphatic carboxylic acids is 1. The lowest BCUT2D eigenvalue weighted by Gasteiger charge is -2.07. The van der Waals surface area contributed by atoms with Gasteiger partial charge in [0.15, 0.2) is 6.04 Å². The number of methoxy groups -OCH3 is 1. The average molecular weight is 251 g/mol. The van der Waals surface area contributed by atoms with E-state index in [-0.39, 0.29) is 0 Å². The average Bonchev–Trinajstić information content (AvgIpc) is 2.78. The second-order valence-electron chi connectivity index (χ2n) is 3.68. The Hall–Kier alpha value is -1.49. The molecule has 1 aromatic rings. The number of hydrogen-bond donors (Lipinski definition) is 1. The van der Waals surface area contributed by atoms with Crippen molar-refractivity contribution in [2.45, 2.75) is 12.5 Å². The molecule has 0 saturated carbocycles. The second-order valence-corrected chi connectivity index (χ2v) is 4.77. The van der Waals surface area contributed by atoms with Gasteiger partial charge in [-0.3, -0.25) is 4.99 Å². The van der Waals surface area contributed by atoms with Gasteiger partial charge in [0.2, 0.25) is 0 Å². The molecule has 2 rings (SSSR count). The molecule has 1 aromatic carbocycles. The number of carboxylic acid groups (broad SMARTS) is 1.